The third-order valence-corrected chi connectivity index (χ3v) is 17.7. The van der Waals surface area contributed by atoms with Crippen molar-refractivity contribution >= 4 is 76.6 Å². The van der Waals surface area contributed by atoms with Crippen LogP contribution in [0.2, 0.25) is 0 Å². The van der Waals surface area contributed by atoms with Crippen molar-refractivity contribution in [1.82, 2.24) is 27.9 Å². The molecule has 0 fully saturated rings. The van der Waals surface area contributed by atoms with Gasteiger partial charge in [-0.2, -0.15) is 0 Å². The van der Waals surface area contributed by atoms with Gasteiger partial charge in [-0.05, 0) is 112 Å². The van der Waals surface area contributed by atoms with E-state index in [1.807, 2.05) is 20.8 Å². The van der Waals surface area contributed by atoms with E-state index in [0.29, 0.717) is 50.7 Å². The Morgan fingerprint density at radius 3 is 1.52 bits per heavy atom. The topological polar surface area (TPSA) is 277 Å². The first-order valence-electron chi connectivity index (χ1n) is 23.1. The van der Waals surface area contributed by atoms with Crippen molar-refractivity contribution in [3.63, 3.8) is 0 Å². The average Bonchev–Trinajstić information content (AvgIpc) is 4.10. The van der Waals surface area contributed by atoms with E-state index in [0.717, 1.165) is 32.1 Å². The number of aryl methyl sites for hydroxylation is 2. The van der Waals surface area contributed by atoms with Gasteiger partial charge in [0.2, 0.25) is 5.16 Å². The van der Waals surface area contributed by atoms with Crippen LogP contribution in [0, 0.1) is 27.7 Å². The van der Waals surface area contributed by atoms with Gasteiger partial charge in [-0.25, -0.2) is 44.3 Å². The van der Waals surface area contributed by atoms with E-state index in [1.54, 1.807) is 56.8 Å². The van der Waals surface area contributed by atoms with Crippen LogP contribution in [0.15, 0.2) is 117 Å². The van der Waals surface area contributed by atoms with Crippen LogP contribution in [-0.4, -0.2) is 113 Å². The van der Waals surface area contributed by atoms with Crippen molar-refractivity contribution in [3.05, 3.63) is 142 Å². The number of benzene rings is 4. The Labute approximate surface area is 450 Å². The number of aliphatic hydroxyl groups is 2. The molecule has 77 heavy (non-hydrogen) atoms. The Bertz CT molecular complexity index is 3740. The number of thioether (sulfide) groups is 1. The summed E-state index contributed by atoms with van der Waals surface area (Å²) in [7, 11) is -4.68. The Morgan fingerprint density at radius 1 is 0.610 bits per heavy atom. The van der Waals surface area contributed by atoms with Gasteiger partial charge in [-0.1, -0.05) is 23.9 Å². The van der Waals surface area contributed by atoms with Crippen molar-refractivity contribution in [2.75, 3.05) is 41.7 Å². The number of fused-ring (bicyclic) bond motifs is 2. The van der Waals surface area contributed by atoms with Crippen LogP contribution in [0.1, 0.15) is 44.8 Å². The number of carbonyl (C=O) groups is 2. The van der Waals surface area contributed by atoms with E-state index >= 15 is 0 Å². The fourth-order valence-corrected chi connectivity index (χ4v) is 13.6. The van der Waals surface area contributed by atoms with Crippen LogP contribution in [0.25, 0.3) is 22.1 Å². The lowest BCUT2D eigenvalue weighted by Crippen LogP contribution is -2.18. The number of rotatable bonds is 20. The van der Waals surface area contributed by atoms with E-state index in [2.05, 4.69) is 29.4 Å². The molecule has 0 saturated carbocycles. The molecule has 0 spiro atoms. The predicted octanol–water partition coefficient (Wildman–Crippen LogP) is 6.28. The average molecular weight is 1130 g/mol. The standard InChI is InChI=1S/C26H27N3O8S2.C26H27N3O7S2/c1-16-12-27-22(17(2)25(16)36-4)15-38(32)26-28-21-11-18(13-30)5-10-23(21)29(26)39(33,34)20-8-6-19(7-9-20)37-14-24(31)35-3;1-16-12-27-22(17(2)25(16)35-4)15-37-26-28-21-11-18(13-30)5-10-23(21)29(26)38(32,33)20-8-6-19(7-9-20)36-14-24(31)34-3/h5-12,30H,13-15H2,1-4H3;5-12,30H,13-15H2,1-4H3. The maximum atomic E-state index is 13.9. The molecule has 406 valence electrons. The molecular formula is C52H54N6O15S4. The largest absolute Gasteiger partial charge is 0.496 e. The molecule has 4 heterocycles. The van der Waals surface area contributed by atoms with Crippen LogP contribution in [0.5, 0.6) is 23.0 Å². The molecule has 4 aromatic carbocycles. The first kappa shape index (κ1) is 57.3. The molecule has 0 saturated heterocycles. The number of aliphatic hydroxyl groups excluding tert-OH is 2. The minimum Gasteiger partial charge on any atom is -0.496 e. The predicted molar refractivity (Wildman–Crippen MR) is 285 cm³/mol. The highest BCUT2D eigenvalue weighted by Crippen LogP contribution is 2.35. The number of esters is 2. The maximum Gasteiger partial charge on any atom is 0.343 e. The number of nitrogens with zero attached hydrogens (tertiary/aromatic N) is 6. The molecular weight excluding hydrogens is 1080 g/mol. The Kier molecular flexibility index (Phi) is 18.4. The lowest BCUT2D eigenvalue weighted by Gasteiger charge is -2.13. The molecule has 4 aromatic heterocycles. The van der Waals surface area contributed by atoms with Crippen LogP contribution < -0.4 is 18.9 Å². The van der Waals surface area contributed by atoms with Crippen molar-refractivity contribution < 1.29 is 69.3 Å². The number of imidazole rings is 2. The second-order valence-electron chi connectivity index (χ2n) is 16.8. The minimum atomic E-state index is -4.29. The van der Waals surface area contributed by atoms with Gasteiger partial charge in [0.1, 0.15) is 23.0 Å². The van der Waals surface area contributed by atoms with Gasteiger partial charge in [0, 0.05) is 40.4 Å². The first-order chi connectivity index (χ1) is 36.8. The van der Waals surface area contributed by atoms with Gasteiger partial charge < -0.3 is 38.6 Å². The summed E-state index contributed by atoms with van der Waals surface area (Å²) in [6, 6.07) is 20.8. The lowest BCUT2D eigenvalue weighted by molar-refractivity contribution is -0.143. The zero-order valence-electron chi connectivity index (χ0n) is 43.0. The molecule has 0 aliphatic heterocycles. The Morgan fingerprint density at radius 2 is 1.05 bits per heavy atom. The van der Waals surface area contributed by atoms with Crippen molar-refractivity contribution in [3.8, 4) is 23.0 Å². The second kappa shape index (κ2) is 24.7. The van der Waals surface area contributed by atoms with Crippen LogP contribution >= 0.6 is 11.8 Å². The van der Waals surface area contributed by atoms with Gasteiger partial charge in [0.25, 0.3) is 20.0 Å². The second-order valence-corrected chi connectivity index (χ2v) is 22.7. The molecule has 0 aliphatic carbocycles. The molecule has 21 nitrogen and oxygen atoms in total. The summed E-state index contributed by atoms with van der Waals surface area (Å²) in [6.07, 6.45) is 3.33. The molecule has 1 unspecified atom stereocenters. The van der Waals surface area contributed by atoms with Crippen molar-refractivity contribution in [1.29, 1.82) is 0 Å². The van der Waals surface area contributed by atoms with E-state index in [-0.39, 0.29) is 69.1 Å². The third kappa shape index (κ3) is 12.6. The number of hydrogen-bond acceptors (Lipinski definition) is 20. The summed E-state index contributed by atoms with van der Waals surface area (Å²) < 4.78 is 102. The molecule has 0 aliphatic rings. The van der Waals surface area contributed by atoms with E-state index in [4.69, 9.17) is 18.9 Å². The summed E-state index contributed by atoms with van der Waals surface area (Å²) in [4.78, 5) is 40.5. The van der Waals surface area contributed by atoms with Crippen LogP contribution in [-0.2, 0) is 74.6 Å². The summed E-state index contributed by atoms with van der Waals surface area (Å²) in [5.74, 6) is 1.05. The van der Waals surface area contributed by atoms with Gasteiger partial charge in [0.15, 0.2) is 18.4 Å². The zero-order valence-corrected chi connectivity index (χ0v) is 46.3. The molecule has 8 aromatic rings. The molecule has 0 amide bonds. The Balaban J connectivity index is 0.000000224. The number of hydrogen-bond donors (Lipinski definition) is 2. The molecule has 0 radical (unpaired) electrons. The number of pyridine rings is 2. The van der Waals surface area contributed by atoms with Crippen molar-refractivity contribution in [2.24, 2.45) is 0 Å². The highest BCUT2D eigenvalue weighted by Gasteiger charge is 2.30. The Hall–Kier alpha value is -7.42. The molecule has 1 atom stereocenters. The summed E-state index contributed by atoms with van der Waals surface area (Å²) in [6.45, 7) is 6.36. The normalized spacial score (nSPS) is 11.9. The summed E-state index contributed by atoms with van der Waals surface area (Å²) >= 11 is 1.23. The quantitative estimate of drug-likeness (QED) is 0.0628. The molecule has 2 N–H and O–H groups in total. The highest BCUT2D eigenvalue weighted by molar-refractivity contribution is 7.99. The lowest BCUT2D eigenvalue weighted by atomic mass is 10.1. The third-order valence-electron chi connectivity index (χ3n) is 11.9. The van der Waals surface area contributed by atoms with Crippen molar-refractivity contribution in [2.45, 2.75) is 72.5 Å². The molecule has 25 heteroatoms. The van der Waals surface area contributed by atoms with Gasteiger partial charge in [0.05, 0.1) is 101 Å². The minimum absolute atomic E-state index is 0.0154. The fraction of sp³-hybridized carbons (Fsp3) is 0.269. The number of carbonyl (C=O) groups excluding carboxylic acids is 2. The monoisotopic (exact) mass is 1130 g/mol. The zero-order chi connectivity index (χ0) is 55.8. The highest BCUT2D eigenvalue weighted by atomic mass is 32.2. The smallest absolute Gasteiger partial charge is 0.343 e. The molecule has 8 rings (SSSR count). The van der Waals surface area contributed by atoms with Gasteiger partial charge in [-0.15, -0.1) is 0 Å². The van der Waals surface area contributed by atoms with E-state index in [9.17, 15) is 40.8 Å². The van der Waals surface area contributed by atoms with E-state index in [1.165, 1.54) is 91.7 Å². The first-order valence-corrected chi connectivity index (χ1v) is 28.3. The van der Waals surface area contributed by atoms with Gasteiger partial charge in [-0.3, -0.25) is 14.2 Å². The number of ether oxygens (including phenoxy) is 6. The maximum absolute atomic E-state index is 13.9. The summed E-state index contributed by atoms with van der Waals surface area (Å²) in [5, 5.41) is 19.2. The van der Waals surface area contributed by atoms with E-state index < -0.39 is 42.8 Å². The molecule has 0 bridgehead atoms. The number of methoxy groups -OCH3 is 4. The number of aromatic nitrogens is 6. The summed E-state index contributed by atoms with van der Waals surface area (Å²) in [5.41, 5.74) is 6.93. The van der Waals surface area contributed by atoms with Crippen LogP contribution in [0.4, 0.5) is 0 Å². The SMILES string of the molecule is COC(=O)COc1ccc(S(=O)(=O)n2c(S(=O)Cc3ncc(C)c(OC)c3C)nc3cc(CO)ccc32)cc1.COC(=O)COc1ccc(S(=O)(=O)n2c(SCc3ncc(C)c(OC)c3C)nc3cc(CO)ccc32)cc1. The fourth-order valence-electron chi connectivity index (χ4n) is 7.84. The van der Waals surface area contributed by atoms with Crippen LogP contribution in [0.3, 0.4) is 0 Å². The van der Waals surface area contributed by atoms with Gasteiger partial charge >= 0.3 is 11.9 Å².